The van der Waals surface area contributed by atoms with Crippen LogP contribution < -0.4 is 5.32 Å². The molecule has 0 fully saturated rings. The molecule has 0 aliphatic rings. The smallest absolute Gasteiger partial charge is 0.268 e. The Morgan fingerprint density at radius 1 is 1.45 bits per heavy atom. The van der Waals surface area contributed by atoms with Gasteiger partial charge in [-0.3, -0.25) is 4.79 Å². The number of hydrogen-bond donors (Lipinski definition) is 1. The largest absolute Gasteiger partial charge is 0.310 e. The second kappa shape index (κ2) is 5.31. The van der Waals surface area contributed by atoms with Crippen LogP contribution in [0.5, 0.6) is 0 Å². The van der Waals surface area contributed by atoms with Crippen LogP contribution in [0.1, 0.15) is 46.7 Å². The van der Waals surface area contributed by atoms with E-state index >= 15 is 0 Å². The Morgan fingerprint density at radius 3 is 2.70 bits per heavy atom. The van der Waals surface area contributed by atoms with Gasteiger partial charge in [-0.1, -0.05) is 20.8 Å². The summed E-state index contributed by atoms with van der Waals surface area (Å²) < 4.78 is 4.07. The van der Waals surface area contributed by atoms with Gasteiger partial charge in [-0.2, -0.15) is 9.64 Å². The number of hydrogen-bond acceptors (Lipinski definition) is 6. The van der Waals surface area contributed by atoms with Gasteiger partial charge < -0.3 is 5.32 Å². The fourth-order valence-corrected chi connectivity index (χ4v) is 3.09. The molecule has 0 bridgehead atoms. The van der Waals surface area contributed by atoms with E-state index in [-0.39, 0.29) is 11.3 Å². The van der Waals surface area contributed by atoms with Crippen molar-refractivity contribution in [1.29, 1.82) is 5.26 Å². The normalized spacial score (nSPS) is 11.2. The van der Waals surface area contributed by atoms with Crippen LogP contribution in [-0.4, -0.2) is 15.3 Å². The molecule has 20 heavy (non-hydrogen) atoms. The molecule has 2 rings (SSSR count). The lowest BCUT2D eigenvalue weighted by Crippen LogP contribution is -2.11. The van der Waals surface area contributed by atoms with Crippen LogP contribution in [0.15, 0.2) is 6.20 Å². The van der Waals surface area contributed by atoms with Crippen LogP contribution in [0.2, 0.25) is 0 Å². The molecule has 7 heteroatoms. The van der Waals surface area contributed by atoms with E-state index in [0.717, 1.165) is 16.5 Å². The number of nitrogens with one attached hydrogen (secondary N) is 1. The summed E-state index contributed by atoms with van der Waals surface area (Å²) in [6, 6.07) is 2.05. The Balaban J connectivity index is 2.21. The molecule has 2 aromatic rings. The standard InChI is InChI=1S/C13H14N4OS2/c1-7-8(5-14)11(20-17-7)16-10(18)9-6-15-12(19-9)13(2,3)4/h6H,1-4H3,(H,16,18). The second-order valence-corrected chi connectivity index (χ2v) is 7.12. The van der Waals surface area contributed by atoms with Gasteiger partial charge in [0.15, 0.2) is 0 Å². The van der Waals surface area contributed by atoms with Gasteiger partial charge in [-0.25, -0.2) is 4.98 Å². The Bertz CT molecular complexity index is 688. The molecule has 1 N–H and O–H groups in total. The molecule has 0 aliphatic heterocycles. The average Bonchev–Trinajstić information content (AvgIpc) is 2.96. The summed E-state index contributed by atoms with van der Waals surface area (Å²) in [6.07, 6.45) is 1.57. The van der Waals surface area contributed by atoms with E-state index in [0.29, 0.717) is 21.1 Å². The van der Waals surface area contributed by atoms with E-state index in [1.807, 2.05) is 20.8 Å². The second-order valence-electron chi connectivity index (χ2n) is 5.32. The maximum Gasteiger partial charge on any atom is 0.268 e. The van der Waals surface area contributed by atoms with Crippen molar-refractivity contribution in [1.82, 2.24) is 9.36 Å². The summed E-state index contributed by atoms with van der Waals surface area (Å²) in [4.78, 5) is 17.0. The third-order valence-electron chi connectivity index (χ3n) is 2.57. The lowest BCUT2D eigenvalue weighted by molar-refractivity contribution is 0.103. The minimum atomic E-state index is -0.252. The van der Waals surface area contributed by atoms with E-state index in [4.69, 9.17) is 5.26 Å². The number of aryl methyl sites for hydroxylation is 1. The predicted octanol–water partition coefficient (Wildman–Crippen LogP) is 3.33. The first-order chi connectivity index (χ1) is 9.32. The molecule has 2 aromatic heterocycles. The monoisotopic (exact) mass is 306 g/mol. The summed E-state index contributed by atoms with van der Waals surface area (Å²) in [5, 5.41) is 13.2. The topological polar surface area (TPSA) is 78.7 Å². The maximum atomic E-state index is 12.2. The fourth-order valence-electron chi connectivity index (χ4n) is 1.48. The molecule has 5 nitrogen and oxygen atoms in total. The molecule has 0 saturated carbocycles. The minimum Gasteiger partial charge on any atom is -0.310 e. The first-order valence-electron chi connectivity index (χ1n) is 5.97. The summed E-state index contributed by atoms with van der Waals surface area (Å²) in [6.45, 7) is 7.89. The Labute approximate surface area is 125 Å². The van der Waals surface area contributed by atoms with Crippen molar-refractivity contribution in [3.63, 3.8) is 0 Å². The van der Waals surface area contributed by atoms with Gasteiger partial charge in [-0.15, -0.1) is 11.3 Å². The molecule has 0 spiro atoms. The average molecular weight is 306 g/mol. The quantitative estimate of drug-likeness (QED) is 0.923. The molecule has 0 aliphatic carbocycles. The lowest BCUT2D eigenvalue weighted by Gasteiger charge is -2.13. The highest BCUT2D eigenvalue weighted by Gasteiger charge is 2.21. The first-order valence-corrected chi connectivity index (χ1v) is 7.56. The molecule has 0 saturated heterocycles. The molecule has 0 aromatic carbocycles. The highest BCUT2D eigenvalue weighted by Crippen LogP contribution is 2.28. The van der Waals surface area contributed by atoms with Gasteiger partial charge in [0.1, 0.15) is 21.5 Å². The number of carbonyl (C=O) groups is 1. The van der Waals surface area contributed by atoms with Gasteiger partial charge in [0.05, 0.1) is 16.9 Å². The maximum absolute atomic E-state index is 12.2. The van der Waals surface area contributed by atoms with Crippen molar-refractivity contribution >= 4 is 33.8 Å². The predicted molar refractivity (Wildman–Crippen MR) is 80.3 cm³/mol. The number of amides is 1. The highest BCUT2D eigenvalue weighted by atomic mass is 32.1. The molecule has 0 atom stereocenters. The Morgan fingerprint density at radius 2 is 2.15 bits per heavy atom. The molecular weight excluding hydrogens is 292 g/mol. The first kappa shape index (κ1) is 14.6. The molecular formula is C13H14N4OS2. The number of nitrogens with zero attached hydrogens (tertiary/aromatic N) is 3. The Kier molecular flexibility index (Phi) is 3.88. The van der Waals surface area contributed by atoms with Crippen LogP contribution in [0.25, 0.3) is 0 Å². The number of thiazole rings is 1. The van der Waals surface area contributed by atoms with Gasteiger partial charge in [-0.05, 0) is 18.5 Å². The van der Waals surface area contributed by atoms with E-state index < -0.39 is 0 Å². The molecule has 2 heterocycles. The molecule has 0 unspecified atom stereocenters. The van der Waals surface area contributed by atoms with Crippen molar-refractivity contribution < 1.29 is 4.79 Å². The number of anilines is 1. The zero-order chi connectivity index (χ0) is 14.9. The van der Waals surface area contributed by atoms with E-state index in [9.17, 15) is 4.79 Å². The molecule has 1 amide bonds. The van der Waals surface area contributed by atoms with Crippen molar-refractivity contribution in [2.75, 3.05) is 5.32 Å². The number of rotatable bonds is 2. The van der Waals surface area contributed by atoms with Crippen LogP contribution in [0.3, 0.4) is 0 Å². The lowest BCUT2D eigenvalue weighted by atomic mass is 9.98. The van der Waals surface area contributed by atoms with Gasteiger partial charge in [0.2, 0.25) is 0 Å². The summed E-state index contributed by atoms with van der Waals surface area (Å²) in [7, 11) is 0. The van der Waals surface area contributed by atoms with Crippen LogP contribution in [0, 0.1) is 18.3 Å². The van der Waals surface area contributed by atoms with Crippen LogP contribution in [-0.2, 0) is 5.41 Å². The fraction of sp³-hybridized carbons (Fsp3) is 0.385. The van der Waals surface area contributed by atoms with Crippen molar-refractivity contribution in [2.45, 2.75) is 33.1 Å². The summed E-state index contributed by atoms with van der Waals surface area (Å²) >= 11 is 2.48. The van der Waals surface area contributed by atoms with Crippen LogP contribution >= 0.6 is 22.9 Å². The van der Waals surface area contributed by atoms with Crippen molar-refractivity contribution in [3.8, 4) is 6.07 Å². The van der Waals surface area contributed by atoms with Crippen LogP contribution in [0.4, 0.5) is 5.00 Å². The third kappa shape index (κ3) is 2.86. The molecule has 104 valence electrons. The third-order valence-corrected chi connectivity index (χ3v) is 4.85. The van der Waals surface area contributed by atoms with Crippen molar-refractivity contribution in [3.05, 3.63) is 27.3 Å². The number of nitriles is 1. The number of carbonyl (C=O) groups excluding carboxylic acids is 1. The Hall–Kier alpha value is -1.78. The minimum absolute atomic E-state index is 0.0813. The summed E-state index contributed by atoms with van der Waals surface area (Å²) in [5.41, 5.74) is 0.971. The zero-order valence-corrected chi connectivity index (χ0v) is 13.3. The SMILES string of the molecule is Cc1nsc(NC(=O)c2cnc(C(C)(C)C)s2)c1C#N. The zero-order valence-electron chi connectivity index (χ0n) is 11.6. The van der Waals surface area contributed by atoms with E-state index in [2.05, 4.69) is 20.7 Å². The summed E-state index contributed by atoms with van der Waals surface area (Å²) in [5.74, 6) is -0.252. The molecule has 0 radical (unpaired) electrons. The number of aromatic nitrogens is 2. The van der Waals surface area contributed by atoms with E-state index in [1.165, 1.54) is 11.3 Å². The van der Waals surface area contributed by atoms with Gasteiger partial charge >= 0.3 is 0 Å². The van der Waals surface area contributed by atoms with Gasteiger partial charge in [0.25, 0.3) is 5.91 Å². The van der Waals surface area contributed by atoms with E-state index in [1.54, 1.807) is 13.1 Å². The van der Waals surface area contributed by atoms with Crippen molar-refractivity contribution in [2.24, 2.45) is 0 Å². The highest BCUT2D eigenvalue weighted by molar-refractivity contribution is 7.14. The van der Waals surface area contributed by atoms with Gasteiger partial charge in [0, 0.05) is 5.41 Å².